The second-order valence-electron chi connectivity index (χ2n) is 15.1. The summed E-state index contributed by atoms with van der Waals surface area (Å²) in [6.45, 7) is 14.4. The van der Waals surface area contributed by atoms with Crippen LogP contribution in [0.2, 0.25) is 0 Å². The topological polar surface area (TPSA) is 159 Å². The van der Waals surface area contributed by atoms with Gasteiger partial charge in [0.2, 0.25) is 27.5 Å². The molecule has 16 heteroatoms. The van der Waals surface area contributed by atoms with Crippen molar-refractivity contribution in [1.29, 1.82) is 0 Å². The Morgan fingerprint density at radius 3 is 2.42 bits per heavy atom. The molecule has 3 N–H and O–H groups in total. The molecule has 4 aliphatic rings. The molecule has 0 unspecified atom stereocenters. The molecule has 286 valence electrons. The van der Waals surface area contributed by atoms with Crippen molar-refractivity contribution in [1.82, 2.24) is 19.8 Å². The number of likely N-dealkylation sites (tertiary alicyclic amines) is 1. The molecule has 53 heavy (non-hydrogen) atoms. The van der Waals surface area contributed by atoms with Gasteiger partial charge in [-0.05, 0) is 60.4 Å². The summed E-state index contributed by atoms with van der Waals surface area (Å²) in [6.07, 6.45) is -0.304. The Balaban J connectivity index is 0.00000541. The van der Waals surface area contributed by atoms with E-state index in [1.807, 2.05) is 6.92 Å². The van der Waals surface area contributed by atoms with Crippen LogP contribution in [0, 0.1) is 29.5 Å². The summed E-state index contributed by atoms with van der Waals surface area (Å²) in [5.74, 6) is -3.63. The maximum Gasteiger partial charge on any atom is 0.410 e. The number of amides is 4. The zero-order chi connectivity index (χ0) is 37.7. The molecule has 2 aliphatic heterocycles. The van der Waals surface area contributed by atoms with Gasteiger partial charge in [0, 0.05) is 24.2 Å². The van der Waals surface area contributed by atoms with Crippen LogP contribution in [0.1, 0.15) is 78.4 Å². The molecule has 5 atom stereocenters. The fourth-order valence-electron chi connectivity index (χ4n) is 7.07. The maximum absolute atomic E-state index is 14.5. The molecule has 6 rings (SSSR count). The summed E-state index contributed by atoms with van der Waals surface area (Å²) in [6, 6.07) is 6.09. The molecule has 0 bridgehead atoms. The van der Waals surface area contributed by atoms with E-state index in [0.29, 0.717) is 36.1 Å². The number of nitrogens with zero attached hydrogens (tertiary/aromatic N) is 3. The number of benzene rings is 2. The number of carbonyl (C=O) groups is 4. The van der Waals surface area contributed by atoms with Gasteiger partial charge in [-0.15, -0.1) is 0 Å². The minimum absolute atomic E-state index is 0. The fourth-order valence-corrected chi connectivity index (χ4v) is 8.43. The Morgan fingerprint density at radius 2 is 1.81 bits per heavy atom. The van der Waals surface area contributed by atoms with Crippen molar-refractivity contribution in [2.75, 3.05) is 11.9 Å². The van der Waals surface area contributed by atoms with Crippen LogP contribution in [0.3, 0.4) is 0 Å². The van der Waals surface area contributed by atoms with Crippen LogP contribution < -0.4 is 15.4 Å². The van der Waals surface area contributed by atoms with Crippen LogP contribution in [-0.2, 0) is 42.2 Å². The highest BCUT2D eigenvalue weighted by Gasteiger charge is 2.62. The molecule has 2 aromatic carbocycles. The molecule has 13 nitrogen and oxygen atoms in total. The van der Waals surface area contributed by atoms with Crippen molar-refractivity contribution in [2.24, 2.45) is 11.3 Å². The van der Waals surface area contributed by atoms with Gasteiger partial charge in [0.1, 0.15) is 35.4 Å². The largest absolute Gasteiger partial charge is 0.444 e. The molecule has 3 fully saturated rings. The first-order valence-electron chi connectivity index (χ1n) is 17.3. The minimum atomic E-state index is -3.91. The quantitative estimate of drug-likeness (QED) is 0.286. The number of carbonyl (C=O) groups excluding carboxylic acids is 4. The first-order valence-corrected chi connectivity index (χ1v) is 18.9. The van der Waals surface area contributed by atoms with E-state index >= 15 is 0 Å². The van der Waals surface area contributed by atoms with Crippen LogP contribution in [0.15, 0.2) is 36.4 Å². The summed E-state index contributed by atoms with van der Waals surface area (Å²) < 4.78 is 61.9. The van der Waals surface area contributed by atoms with Gasteiger partial charge in [-0.2, -0.15) is 0 Å². The second-order valence-corrected chi connectivity index (χ2v) is 17.1. The first-order chi connectivity index (χ1) is 24.5. The highest BCUT2D eigenvalue weighted by molar-refractivity contribution is 7.91. The molecular weight excluding hydrogens is 711 g/mol. The molecular formula is C37H46F2N6O7S. The molecule has 2 saturated carbocycles. The monoisotopic (exact) mass is 756 g/mol. The Bertz CT molecular complexity index is 1960. The molecule has 2 heterocycles. The van der Waals surface area contributed by atoms with Crippen LogP contribution in [-0.4, -0.2) is 77.6 Å². The lowest BCUT2D eigenvalue weighted by molar-refractivity contribution is -0.141. The van der Waals surface area contributed by atoms with Gasteiger partial charge in [-0.25, -0.2) is 26.8 Å². The number of fused-ring (bicyclic) bond motifs is 1. The summed E-state index contributed by atoms with van der Waals surface area (Å²) in [5, 5.41) is 5.21. The lowest BCUT2D eigenvalue weighted by Crippen LogP contribution is -2.58. The van der Waals surface area contributed by atoms with E-state index in [1.165, 1.54) is 28.0 Å². The van der Waals surface area contributed by atoms with E-state index < -0.39 is 79.9 Å². The van der Waals surface area contributed by atoms with Crippen LogP contribution in [0.25, 0.3) is 4.85 Å². The van der Waals surface area contributed by atoms with Crippen LogP contribution >= 0.6 is 0 Å². The first kappa shape index (κ1) is 39.4. The van der Waals surface area contributed by atoms with Gasteiger partial charge in [0.15, 0.2) is 0 Å². The smallest absolute Gasteiger partial charge is 0.410 e. The summed E-state index contributed by atoms with van der Waals surface area (Å²) in [4.78, 5) is 61.3. The van der Waals surface area contributed by atoms with Crippen LogP contribution in [0.4, 0.5) is 25.0 Å². The van der Waals surface area contributed by atoms with E-state index in [4.69, 9.17) is 11.3 Å². The average Bonchev–Trinajstić information content (AvgIpc) is 3.97. The lowest BCUT2D eigenvalue weighted by atomic mass is 9.85. The molecule has 1 saturated heterocycles. The van der Waals surface area contributed by atoms with Crippen molar-refractivity contribution in [3.8, 4) is 0 Å². The zero-order valence-electron chi connectivity index (χ0n) is 29.4. The van der Waals surface area contributed by atoms with E-state index in [-0.39, 0.29) is 51.5 Å². The van der Waals surface area contributed by atoms with E-state index in [9.17, 15) is 36.4 Å². The summed E-state index contributed by atoms with van der Waals surface area (Å²) in [5.41, 5.74) is -1.24. The van der Waals surface area contributed by atoms with Crippen molar-refractivity contribution in [3.05, 3.63) is 70.6 Å². The average molecular weight is 757 g/mol. The lowest BCUT2D eigenvalue weighted by Gasteiger charge is -2.36. The number of hydrogen-bond acceptors (Lipinski definition) is 8. The fraction of sp³-hybridized carbons (Fsp3) is 0.541. The molecule has 4 amide bonds. The number of hydrogen-bond donors (Lipinski definition) is 3. The molecule has 0 spiro atoms. The van der Waals surface area contributed by atoms with Gasteiger partial charge in [0.25, 0.3) is 5.91 Å². The zero-order valence-corrected chi connectivity index (χ0v) is 30.2. The molecule has 2 aromatic rings. The SMILES string of the molecule is C.[C-]#[N+]c1cc(N[C@H](C(=O)N2C[C@H](OC(=O)N3Cc4cccc(F)c4C3)C[C@H]2C(=O)N[C@]2(C(=O)NS(=O)(=O)C3CC3)C[C@H]2CC)C(C)(C)C)ccc1F. The highest BCUT2D eigenvalue weighted by atomic mass is 32.2. The van der Waals surface area contributed by atoms with Crippen LogP contribution in [0.5, 0.6) is 0 Å². The predicted octanol–water partition coefficient (Wildman–Crippen LogP) is 4.99. The van der Waals surface area contributed by atoms with Crippen molar-refractivity contribution >= 4 is 45.2 Å². The van der Waals surface area contributed by atoms with Crippen molar-refractivity contribution in [3.63, 3.8) is 0 Å². The maximum atomic E-state index is 14.5. The third-order valence-corrected chi connectivity index (χ3v) is 12.2. The molecule has 2 aliphatic carbocycles. The highest BCUT2D eigenvalue weighted by Crippen LogP contribution is 2.47. The number of ether oxygens (including phenoxy) is 1. The Morgan fingerprint density at radius 1 is 1.09 bits per heavy atom. The van der Waals surface area contributed by atoms with E-state index in [1.54, 1.807) is 32.9 Å². The Hall–Kier alpha value is -4.78. The number of halogens is 2. The van der Waals surface area contributed by atoms with Crippen molar-refractivity contribution < 1.29 is 41.1 Å². The minimum Gasteiger partial charge on any atom is -0.444 e. The van der Waals surface area contributed by atoms with Gasteiger partial charge in [-0.3, -0.25) is 24.0 Å². The predicted molar refractivity (Wildman–Crippen MR) is 192 cm³/mol. The number of rotatable bonds is 10. The van der Waals surface area contributed by atoms with E-state index in [2.05, 4.69) is 20.2 Å². The third kappa shape index (κ3) is 7.95. The Labute approximate surface area is 308 Å². The van der Waals surface area contributed by atoms with Gasteiger partial charge >= 0.3 is 6.09 Å². The third-order valence-electron chi connectivity index (χ3n) is 10.3. The molecule has 0 aromatic heterocycles. The Kier molecular flexibility index (Phi) is 10.8. The van der Waals surface area contributed by atoms with Gasteiger partial charge < -0.3 is 20.3 Å². The standard InChI is InChI=1S/C36H42F2N6O7S.CH4/c1-6-21-16-36(21,33(47)42-52(49,50)24-11-12-24)41-31(45)29-15-23(51-34(48)43-17-20-8-7-9-26(37)25(20)19-43)18-44(29)32(46)30(35(2,3)4)40-22-10-13-27(38)28(14-22)39-5;/h7-10,13-14,21,23-24,29-30,40H,6,11-12,15-19H2,1-4H3,(H,41,45)(H,42,47);1H4/t21-,23-,29+,30-,36-;/m1./s1. The molecule has 0 radical (unpaired) electrons. The van der Waals surface area contributed by atoms with Crippen molar-refractivity contribution in [2.45, 2.75) is 109 Å². The normalized spacial score (nSPS) is 23.9. The number of nitrogens with one attached hydrogen (secondary N) is 3. The van der Waals surface area contributed by atoms with Gasteiger partial charge in [-0.1, -0.05) is 53.7 Å². The summed E-state index contributed by atoms with van der Waals surface area (Å²) >= 11 is 0. The summed E-state index contributed by atoms with van der Waals surface area (Å²) in [7, 11) is -3.91. The second kappa shape index (κ2) is 14.6. The number of anilines is 1. The van der Waals surface area contributed by atoms with E-state index in [0.717, 1.165) is 6.07 Å². The van der Waals surface area contributed by atoms with Gasteiger partial charge in [0.05, 0.1) is 24.9 Å². The number of sulfonamides is 1.